The number of hydrazone groups is 1. The maximum absolute atomic E-state index is 13.4. The van der Waals surface area contributed by atoms with Crippen LogP contribution >= 0.6 is 0 Å². The van der Waals surface area contributed by atoms with Crippen molar-refractivity contribution in [2.45, 2.75) is 39.7 Å². The van der Waals surface area contributed by atoms with Gasteiger partial charge in [0.1, 0.15) is 12.4 Å². The van der Waals surface area contributed by atoms with Gasteiger partial charge in [0.15, 0.2) is 0 Å². The molecule has 6 heteroatoms. The molecule has 0 unspecified atom stereocenters. The summed E-state index contributed by atoms with van der Waals surface area (Å²) in [5.74, 6) is -0.690. The molecule has 3 rings (SSSR count). The third kappa shape index (κ3) is 4.53. The number of rotatable bonds is 5. The van der Waals surface area contributed by atoms with Crippen molar-refractivity contribution in [3.63, 3.8) is 0 Å². The third-order valence-electron chi connectivity index (χ3n) is 5.36. The zero-order chi connectivity index (χ0) is 21.1. The van der Waals surface area contributed by atoms with E-state index >= 15 is 0 Å². The maximum Gasteiger partial charge on any atom is 0.262 e. The van der Waals surface area contributed by atoms with Crippen molar-refractivity contribution in [3.05, 3.63) is 70.5 Å². The molecule has 0 aliphatic carbocycles. The van der Waals surface area contributed by atoms with Crippen LogP contribution in [0.1, 0.15) is 48.1 Å². The number of aryl methyl sites for hydroxylation is 2. The summed E-state index contributed by atoms with van der Waals surface area (Å²) in [6, 6.07) is 11.9. The summed E-state index contributed by atoms with van der Waals surface area (Å²) < 4.78 is 13.4. The predicted octanol–water partition coefficient (Wildman–Crippen LogP) is 3.99. The van der Waals surface area contributed by atoms with Gasteiger partial charge in [0.05, 0.1) is 11.8 Å². The SMILES string of the molecule is CCC(=O)N(C)CC(=O)N1N=C(c2ccc(C)c(C)c2)C[C@H]1c1ccc(F)cc1. The van der Waals surface area contributed by atoms with E-state index in [2.05, 4.69) is 11.2 Å². The lowest BCUT2D eigenvalue weighted by molar-refractivity contribution is -0.140. The van der Waals surface area contributed by atoms with Crippen LogP contribution in [-0.2, 0) is 9.59 Å². The molecule has 2 amide bonds. The van der Waals surface area contributed by atoms with Gasteiger partial charge in [-0.1, -0.05) is 31.2 Å². The Morgan fingerprint density at radius 1 is 1.14 bits per heavy atom. The highest BCUT2D eigenvalue weighted by Crippen LogP contribution is 2.33. The molecule has 0 fully saturated rings. The van der Waals surface area contributed by atoms with Gasteiger partial charge in [0.25, 0.3) is 5.91 Å². The second kappa shape index (κ2) is 8.55. The first-order valence-electron chi connectivity index (χ1n) is 9.76. The van der Waals surface area contributed by atoms with E-state index in [0.29, 0.717) is 12.8 Å². The molecule has 1 aliphatic rings. The van der Waals surface area contributed by atoms with Gasteiger partial charge in [0.2, 0.25) is 5.91 Å². The first-order chi connectivity index (χ1) is 13.8. The Balaban J connectivity index is 1.92. The summed E-state index contributed by atoms with van der Waals surface area (Å²) in [7, 11) is 1.61. The van der Waals surface area contributed by atoms with Crippen LogP contribution in [0, 0.1) is 19.7 Å². The molecular formula is C23H26FN3O2. The molecule has 1 aliphatic heterocycles. The Hall–Kier alpha value is -3.02. The van der Waals surface area contributed by atoms with Crippen molar-refractivity contribution in [3.8, 4) is 0 Å². The fourth-order valence-corrected chi connectivity index (χ4v) is 3.41. The number of carbonyl (C=O) groups excluding carboxylic acids is 2. The number of hydrogen-bond donors (Lipinski definition) is 0. The van der Waals surface area contributed by atoms with E-state index in [4.69, 9.17) is 0 Å². The van der Waals surface area contributed by atoms with Crippen LogP contribution in [0.5, 0.6) is 0 Å². The Bertz CT molecular complexity index is 953. The highest BCUT2D eigenvalue weighted by Gasteiger charge is 2.33. The third-order valence-corrected chi connectivity index (χ3v) is 5.36. The number of halogens is 1. The maximum atomic E-state index is 13.4. The minimum Gasteiger partial charge on any atom is -0.336 e. The lowest BCUT2D eigenvalue weighted by Crippen LogP contribution is -2.39. The minimum atomic E-state index is -0.329. The molecule has 5 nitrogen and oxygen atoms in total. The van der Waals surface area contributed by atoms with Gasteiger partial charge in [-0.3, -0.25) is 9.59 Å². The highest BCUT2D eigenvalue weighted by atomic mass is 19.1. The van der Waals surface area contributed by atoms with Crippen molar-refractivity contribution >= 4 is 17.5 Å². The summed E-state index contributed by atoms with van der Waals surface area (Å²) >= 11 is 0. The van der Waals surface area contributed by atoms with E-state index in [9.17, 15) is 14.0 Å². The zero-order valence-electron chi connectivity index (χ0n) is 17.3. The second-order valence-corrected chi connectivity index (χ2v) is 7.46. The number of hydrogen-bond acceptors (Lipinski definition) is 3. The summed E-state index contributed by atoms with van der Waals surface area (Å²) in [5.41, 5.74) is 4.93. The van der Waals surface area contributed by atoms with Crippen molar-refractivity contribution in [1.82, 2.24) is 9.91 Å². The van der Waals surface area contributed by atoms with Gasteiger partial charge in [0, 0.05) is 19.9 Å². The molecule has 0 bridgehead atoms. The number of carbonyl (C=O) groups is 2. The monoisotopic (exact) mass is 395 g/mol. The van der Waals surface area contributed by atoms with Crippen LogP contribution in [-0.4, -0.2) is 41.0 Å². The Labute approximate surface area is 170 Å². The Morgan fingerprint density at radius 3 is 2.45 bits per heavy atom. The fraction of sp³-hybridized carbons (Fsp3) is 0.348. The van der Waals surface area contributed by atoms with Crippen molar-refractivity contribution < 1.29 is 14.0 Å². The lowest BCUT2D eigenvalue weighted by atomic mass is 9.96. The molecule has 152 valence electrons. The Morgan fingerprint density at radius 2 is 1.83 bits per heavy atom. The molecule has 1 atom stereocenters. The summed E-state index contributed by atoms with van der Waals surface area (Å²) in [4.78, 5) is 26.3. The average Bonchev–Trinajstić information content (AvgIpc) is 3.15. The smallest absolute Gasteiger partial charge is 0.262 e. The Kier molecular flexibility index (Phi) is 6.11. The largest absolute Gasteiger partial charge is 0.336 e. The van der Waals surface area contributed by atoms with E-state index in [1.807, 2.05) is 26.0 Å². The van der Waals surface area contributed by atoms with Crippen LogP contribution in [0.2, 0.25) is 0 Å². The van der Waals surface area contributed by atoms with Gasteiger partial charge in [-0.2, -0.15) is 5.10 Å². The predicted molar refractivity (Wildman–Crippen MR) is 111 cm³/mol. The molecule has 29 heavy (non-hydrogen) atoms. The van der Waals surface area contributed by atoms with E-state index < -0.39 is 0 Å². The van der Waals surface area contributed by atoms with Crippen molar-refractivity contribution in [2.24, 2.45) is 5.10 Å². The van der Waals surface area contributed by atoms with Crippen LogP contribution in [0.15, 0.2) is 47.6 Å². The molecule has 1 heterocycles. The van der Waals surface area contributed by atoms with Crippen LogP contribution in [0.25, 0.3) is 0 Å². The molecule has 0 aromatic heterocycles. The van der Waals surface area contributed by atoms with Crippen LogP contribution in [0.3, 0.4) is 0 Å². The van der Waals surface area contributed by atoms with Crippen molar-refractivity contribution in [1.29, 1.82) is 0 Å². The quantitative estimate of drug-likeness (QED) is 0.769. The molecule has 0 saturated carbocycles. The van der Waals surface area contributed by atoms with E-state index in [-0.39, 0.29) is 30.2 Å². The van der Waals surface area contributed by atoms with E-state index in [0.717, 1.165) is 22.4 Å². The van der Waals surface area contributed by atoms with Crippen molar-refractivity contribution in [2.75, 3.05) is 13.6 Å². The number of likely N-dealkylation sites (N-methyl/N-ethyl adjacent to an activating group) is 1. The average molecular weight is 395 g/mol. The normalized spacial score (nSPS) is 16.0. The number of nitrogens with zero attached hydrogens (tertiary/aromatic N) is 3. The molecule has 0 saturated heterocycles. The summed E-state index contributed by atoms with van der Waals surface area (Å²) in [6.07, 6.45) is 0.869. The zero-order valence-corrected chi connectivity index (χ0v) is 17.3. The molecule has 0 N–H and O–H groups in total. The second-order valence-electron chi connectivity index (χ2n) is 7.46. The molecule has 2 aromatic rings. The standard InChI is InChI=1S/C23H26FN3O2/c1-5-22(28)26(4)14-23(29)27-21(17-8-10-19(24)11-9-17)13-20(25-27)18-7-6-15(2)16(3)12-18/h6-12,21H,5,13-14H2,1-4H3/t21-/m0/s1. The van der Waals surface area contributed by atoms with Gasteiger partial charge in [-0.25, -0.2) is 9.40 Å². The topological polar surface area (TPSA) is 53.0 Å². The first-order valence-corrected chi connectivity index (χ1v) is 9.76. The fourth-order valence-electron chi connectivity index (χ4n) is 3.41. The first kappa shape index (κ1) is 20.7. The summed E-state index contributed by atoms with van der Waals surface area (Å²) in [6.45, 7) is 5.80. The molecule has 2 aromatic carbocycles. The van der Waals surface area contributed by atoms with Gasteiger partial charge in [-0.05, 0) is 54.3 Å². The number of benzene rings is 2. The minimum absolute atomic E-state index is 0.0475. The van der Waals surface area contributed by atoms with E-state index in [1.165, 1.54) is 27.6 Å². The van der Waals surface area contributed by atoms with Gasteiger partial charge < -0.3 is 4.90 Å². The van der Waals surface area contributed by atoms with Gasteiger partial charge in [-0.15, -0.1) is 0 Å². The van der Waals surface area contributed by atoms with Crippen LogP contribution in [0.4, 0.5) is 4.39 Å². The van der Waals surface area contributed by atoms with Crippen LogP contribution < -0.4 is 0 Å². The van der Waals surface area contributed by atoms with E-state index in [1.54, 1.807) is 26.1 Å². The molecule has 0 radical (unpaired) electrons. The number of amides is 2. The van der Waals surface area contributed by atoms with Gasteiger partial charge >= 0.3 is 0 Å². The highest BCUT2D eigenvalue weighted by molar-refractivity contribution is 6.03. The summed E-state index contributed by atoms with van der Waals surface area (Å²) in [5, 5.41) is 6.06. The lowest BCUT2D eigenvalue weighted by Gasteiger charge is -2.24. The molecule has 0 spiro atoms. The molecular weight excluding hydrogens is 369 g/mol.